The Balaban J connectivity index is 2.96. The summed E-state index contributed by atoms with van der Waals surface area (Å²) in [5, 5.41) is -0.435. The van der Waals surface area contributed by atoms with Crippen LogP contribution in [0, 0.1) is 0 Å². The van der Waals surface area contributed by atoms with Gasteiger partial charge < -0.3 is 10.5 Å². The lowest BCUT2D eigenvalue weighted by Gasteiger charge is -2.14. The van der Waals surface area contributed by atoms with Crippen molar-refractivity contribution in [1.29, 1.82) is 0 Å². The van der Waals surface area contributed by atoms with Gasteiger partial charge in [-0.2, -0.15) is 13.2 Å². The van der Waals surface area contributed by atoms with Crippen molar-refractivity contribution in [2.75, 3.05) is 6.61 Å². The van der Waals surface area contributed by atoms with Crippen LogP contribution in [-0.4, -0.2) is 12.6 Å². The zero-order valence-electron chi connectivity index (χ0n) is 8.51. The topological polar surface area (TPSA) is 35.2 Å². The Labute approximate surface area is 96.1 Å². The first kappa shape index (κ1) is 13.1. The Kier molecular flexibility index (Phi) is 4.04. The summed E-state index contributed by atoms with van der Waals surface area (Å²) >= 11 is 5.59. The van der Waals surface area contributed by atoms with E-state index in [-0.39, 0.29) is 18.4 Å². The number of rotatable bonds is 3. The fourth-order valence-corrected chi connectivity index (χ4v) is 1.35. The molecule has 0 saturated carbocycles. The van der Waals surface area contributed by atoms with Gasteiger partial charge in [-0.25, -0.2) is 0 Å². The lowest BCUT2D eigenvalue weighted by Crippen LogP contribution is -2.23. The first-order valence-electron chi connectivity index (χ1n) is 4.56. The lowest BCUT2D eigenvalue weighted by atomic mass is 10.2. The smallest absolute Gasteiger partial charge is 0.417 e. The molecule has 0 radical (unpaired) electrons. The van der Waals surface area contributed by atoms with Crippen LogP contribution < -0.4 is 10.5 Å². The van der Waals surface area contributed by atoms with Crippen LogP contribution in [0.15, 0.2) is 18.2 Å². The molecule has 0 saturated heterocycles. The third kappa shape index (κ3) is 3.28. The van der Waals surface area contributed by atoms with E-state index in [1.807, 2.05) is 0 Å². The summed E-state index contributed by atoms with van der Waals surface area (Å²) in [6.07, 6.45) is -4.48. The van der Waals surface area contributed by atoms with E-state index in [1.54, 1.807) is 6.92 Å². The average Bonchev–Trinajstić information content (AvgIpc) is 2.14. The van der Waals surface area contributed by atoms with Gasteiger partial charge in [-0.1, -0.05) is 17.7 Å². The van der Waals surface area contributed by atoms with Crippen molar-refractivity contribution in [2.45, 2.75) is 19.1 Å². The summed E-state index contributed by atoms with van der Waals surface area (Å²) in [6, 6.07) is 3.25. The zero-order chi connectivity index (χ0) is 12.3. The molecule has 0 amide bonds. The molecule has 0 unspecified atom stereocenters. The molecule has 0 fully saturated rings. The molecular weight excluding hydrogens is 243 g/mol. The highest BCUT2D eigenvalue weighted by atomic mass is 35.5. The second-order valence-electron chi connectivity index (χ2n) is 3.40. The van der Waals surface area contributed by atoms with Crippen LogP contribution in [0.1, 0.15) is 12.5 Å². The SMILES string of the molecule is C[C@@H](N)COc1cccc(C(F)(F)F)c1Cl. The molecule has 0 aliphatic heterocycles. The van der Waals surface area contributed by atoms with Crippen LogP contribution in [0.5, 0.6) is 5.75 Å². The highest BCUT2D eigenvalue weighted by molar-refractivity contribution is 6.32. The predicted molar refractivity (Wildman–Crippen MR) is 55.6 cm³/mol. The highest BCUT2D eigenvalue weighted by Crippen LogP contribution is 2.39. The van der Waals surface area contributed by atoms with Gasteiger partial charge in [0, 0.05) is 6.04 Å². The first-order chi connectivity index (χ1) is 7.32. The number of benzene rings is 1. The van der Waals surface area contributed by atoms with E-state index in [4.69, 9.17) is 22.1 Å². The third-order valence-electron chi connectivity index (χ3n) is 1.77. The largest absolute Gasteiger partial charge is 0.490 e. The number of alkyl halides is 3. The van der Waals surface area contributed by atoms with Gasteiger partial charge in [-0.15, -0.1) is 0 Å². The molecule has 0 heterocycles. The second-order valence-corrected chi connectivity index (χ2v) is 3.78. The molecule has 1 atom stereocenters. The summed E-state index contributed by atoms with van der Waals surface area (Å²) in [7, 11) is 0. The lowest BCUT2D eigenvalue weighted by molar-refractivity contribution is -0.137. The first-order valence-corrected chi connectivity index (χ1v) is 4.94. The Hall–Kier alpha value is -0.940. The van der Waals surface area contributed by atoms with E-state index in [0.717, 1.165) is 6.07 Å². The minimum absolute atomic E-state index is 0.00575. The van der Waals surface area contributed by atoms with Gasteiger partial charge in [0.25, 0.3) is 0 Å². The summed E-state index contributed by atoms with van der Waals surface area (Å²) in [4.78, 5) is 0. The maximum atomic E-state index is 12.5. The second kappa shape index (κ2) is 4.93. The van der Waals surface area contributed by atoms with E-state index < -0.39 is 16.8 Å². The Morgan fingerprint density at radius 3 is 2.56 bits per heavy atom. The van der Waals surface area contributed by atoms with Crippen molar-refractivity contribution in [2.24, 2.45) is 5.73 Å². The minimum Gasteiger partial charge on any atom is -0.490 e. The van der Waals surface area contributed by atoms with Crippen molar-refractivity contribution in [3.63, 3.8) is 0 Å². The van der Waals surface area contributed by atoms with Crippen LogP contribution in [0.4, 0.5) is 13.2 Å². The minimum atomic E-state index is -4.48. The van der Waals surface area contributed by atoms with E-state index >= 15 is 0 Å². The van der Waals surface area contributed by atoms with Crippen molar-refractivity contribution in [3.05, 3.63) is 28.8 Å². The summed E-state index contributed by atoms with van der Waals surface area (Å²) < 4.78 is 42.5. The van der Waals surface area contributed by atoms with Crippen LogP contribution in [0.25, 0.3) is 0 Å². The molecule has 6 heteroatoms. The van der Waals surface area contributed by atoms with Crippen LogP contribution in [-0.2, 0) is 6.18 Å². The monoisotopic (exact) mass is 253 g/mol. The van der Waals surface area contributed by atoms with Gasteiger partial charge in [-0.3, -0.25) is 0 Å². The number of halogens is 4. The quantitative estimate of drug-likeness (QED) is 0.898. The van der Waals surface area contributed by atoms with Gasteiger partial charge in [0.2, 0.25) is 0 Å². The molecule has 0 aromatic heterocycles. The fraction of sp³-hybridized carbons (Fsp3) is 0.400. The number of hydrogen-bond donors (Lipinski definition) is 1. The number of nitrogens with two attached hydrogens (primary N) is 1. The maximum Gasteiger partial charge on any atom is 0.417 e. The van der Waals surface area contributed by atoms with Gasteiger partial charge >= 0.3 is 6.18 Å². The molecule has 0 bridgehead atoms. The number of ether oxygens (including phenoxy) is 1. The molecule has 1 aromatic carbocycles. The van der Waals surface area contributed by atoms with Crippen LogP contribution >= 0.6 is 11.6 Å². The van der Waals surface area contributed by atoms with Gasteiger partial charge in [-0.05, 0) is 19.1 Å². The van der Waals surface area contributed by atoms with Crippen molar-refractivity contribution >= 4 is 11.6 Å². The Bertz CT molecular complexity index is 366. The molecular formula is C10H11ClF3NO. The van der Waals surface area contributed by atoms with Crippen molar-refractivity contribution < 1.29 is 17.9 Å². The average molecular weight is 254 g/mol. The fourth-order valence-electron chi connectivity index (χ4n) is 1.06. The third-order valence-corrected chi connectivity index (χ3v) is 2.16. The van der Waals surface area contributed by atoms with Gasteiger partial charge in [0.15, 0.2) is 0 Å². The van der Waals surface area contributed by atoms with Gasteiger partial charge in [0.05, 0.1) is 10.6 Å². The van der Waals surface area contributed by atoms with E-state index in [1.165, 1.54) is 12.1 Å². The molecule has 2 N–H and O–H groups in total. The highest BCUT2D eigenvalue weighted by Gasteiger charge is 2.34. The molecule has 2 nitrogen and oxygen atoms in total. The van der Waals surface area contributed by atoms with E-state index in [2.05, 4.69) is 0 Å². The molecule has 0 aliphatic rings. The zero-order valence-corrected chi connectivity index (χ0v) is 9.27. The van der Waals surface area contributed by atoms with Crippen molar-refractivity contribution in [3.8, 4) is 5.75 Å². The van der Waals surface area contributed by atoms with E-state index in [0.29, 0.717) is 0 Å². The van der Waals surface area contributed by atoms with Gasteiger partial charge in [0.1, 0.15) is 12.4 Å². The molecule has 1 rings (SSSR count). The standard InChI is InChI=1S/C10H11ClF3NO/c1-6(15)5-16-8-4-2-3-7(9(8)11)10(12,13)14/h2-4,6H,5,15H2,1H3/t6-/m1/s1. The molecule has 1 aromatic rings. The maximum absolute atomic E-state index is 12.5. The van der Waals surface area contributed by atoms with Crippen LogP contribution in [0.3, 0.4) is 0 Å². The normalized spacial score (nSPS) is 13.6. The summed E-state index contributed by atoms with van der Waals surface area (Å²) in [5.74, 6) is -0.00575. The van der Waals surface area contributed by atoms with Crippen molar-refractivity contribution in [1.82, 2.24) is 0 Å². The van der Waals surface area contributed by atoms with E-state index in [9.17, 15) is 13.2 Å². The molecule has 0 aliphatic carbocycles. The molecule has 16 heavy (non-hydrogen) atoms. The van der Waals surface area contributed by atoms with Crippen LogP contribution in [0.2, 0.25) is 5.02 Å². The molecule has 90 valence electrons. The Morgan fingerprint density at radius 2 is 2.06 bits per heavy atom. The molecule has 0 spiro atoms. The summed E-state index contributed by atoms with van der Waals surface area (Å²) in [5.41, 5.74) is 4.52. The predicted octanol–water partition coefficient (Wildman–Crippen LogP) is 3.08. The Morgan fingerprint density at radius 1 is 1.44 bits per heavy atom. The number of hydrogen-bond acceptors (Lipinski definition) is 2. The summed E-state index contributed by atoms with van der Waals surface area (Å²) in [6.45, 7) is 1.79.